The minimum Gasteiger partial charge on any atom is -0.451 e. The van der Waals surface area contributed by atoms with Crippen molar-refractivity contribution >= 4 is 34.4 Å². The number of halogens is 2. The van der Waals surface area contributed by atoms with Gasteiger partial charge in [-0.3, -0.25) is 4.79 Å². The lowest BCUT2D eigenvalue weighted by Gasteiger charge is -2.14. The number of rotatable bonds is 6. The van der Waals surface area contributed by atoms with Crippen LogP contribution in [0.1, 0.15) is 33.3 Å². The van der Waals surface area contributed by atoms with Gasteiger partial charge in [-0.15, -0.1) is 0 Å². The van der Waals surface area contributed by atoms with Gasteiger partial charge in [-0.2, -0.15) is 8.78 Å². The van der Waals surface area contributed by atoms with Crippen molar-refractivity contribution in [3.05, 3.63) is 59.4 Å². The van der Waals surface area contributed by atoms with Crippen molar-refractivity contribution in [2.75, 3.05) is 0 Å². The summed E-state index contributed by atoms with van der Waals surface area (Å²) in [6.45, 7) is 3.22. The van der Waals surface area contributed by atoms with Crippen LogP contribution in [0.25, 0.3) is 10.9 Å². The van der Waals surface area contributed by atoms with Crippen molar-refractivity contribution in [2.45, 2.75) is 30.7 Å². The van der Waals surface area contributed by atoms with Crippen molar-refractivity contribution in [2.24, 2.45) is 0 Å². The average Bonchev–Trinajstić information content (AvgIpc) is 2.96. The van der Waals surface area contributed by atoms with Gasteiger partial charge in [-0.25, -0.2) is 9.78 Å². The van der Waals surface area contributed by atoms with E-state index in [9.17, 15) is 18.4 Å². The molecule has 5 nitrogen and oxygen atoms in total. The maximum absolute atomic E-state index is 12.8. The summed E-state index contributed by atoms with van der Waals surface area (Å²) in [7, 11) is 0. The van der Waals surface area contributed by atoms with E-state index in [2.05, 4.69) is 9.97 Å². The van der Waals surface area contributed by atoms with Crippen LogP contribution in [0.4, 0.5) is 8.78 Å². The molecular weight excluding hydrogens is 374 g/mol. The predicted octanol–water partition coefficient (Wildman–Crippen LogP) is 4.61. The van der Waals surface area contributed by atoms with Gasteiger partial charge in [0, 0.05) is 28.4 Å². The van der Waals surface area contributed by atoms with Crippen LogP contribution >= 0.6 is 11.8 Å². The van der Waals surface area contributed by atoms with Gasteiger partial charge in [0.05, 0.1) is 5.56 Å². The zero-order chi connectivity index (χ0) is 19.6. The molecular formula is C19H16F2N2O3S. The Bertz CT molecular complexity index is 1000. The number of ketones is 1. The van der Waals surface area contributed by atoms with E-state index in [0.717, 1.165) is 10.9 Å². The fraction of sp³-hybridized carbons (Fsp3) is 0.211. The molecule has 2 aromatic heterocycles. The van der Waals surface area contributed by atoms with Crippen molar-refractivity contribution in [1.29, 1.82) is 0 Å². The molecule has 1 aromatic carbocycles. The highest BCUT2D eigenvalue weighted by atomic mass is 32.2. The highest BCUT2D eigenvalue weighted by Gasteiger charge is 2.26. The Morgan fingerprint density at radius 3 is 2.67 bits per heavy atom. The van der Waals surface area contributed by atoms with E-state index in [4.69, 9.17) is 4.74 Å². The smallest absolute Gasteiger partial charge is 0.341 e. The molecule has 0 fully saturated rings. The summed E-state index contributed by atoms with van der Waals surface area (Å²) in [4.78, 5) is 32.1. The molecule has 0 radical (unpaired) electrons. The Labute approximate surface area is 158 Å². The van der Waals surface area contributed by atoms with E-state index in [0.29, 0.717) is 11.3 Å². The quantitative estimate of drug-likeness (QED) is 0.378. The lowest BCUT2D eigenvalue weighted by molar-refractivity contribution is 0.0315. The summed E-state index contributed by atoms with van der Waals surface area (Å²) in [6.07, 6.45) is 0.228. The molecule has 3 aromatic rings. The van der Waals surface area contributed by atoms with Gasteiger partial charge in [0.2, 0.25) is 5.78 Å². The SMILES string of the molecule is Cc1[nH]c2ccccc2c1C(=O)[C@H](C)OC(=O)c1cccnc1SC(F)F. The molecule has 0 aliphatic rings. The molecule has 0 saturated heterocycles. The lowest BCUT2D eigenvalue weighted by Crippen LogP contribution is -2.25. The summed E-state index contributed by atoms with van der Waals surface area (Å²) >= 11 is 0.156. The molecule has 140 valence electrons. The molecule has 0 amide bonds. The first-order chi connectivity index (χ1) is 12.9. The number of aromatic nitrogens is 2. The molecule has 1 atom stereocenters. The van der Waals surface area contributed by atoms with Crippen molar-refractivity contribution in [1.82, 2.24) is 9.97 Å². The number of ether oxygens (including phenoxy) is 1. The number of carbonyl (C=O) groups is 2. The second-order valence-electron chi connectivity index (χ2n) is 5.82. The molecule has 0 spiro atoms. The standard InChI is InChI=1S/C19H16F2N2O3S/c1-10-15(12-6-3-4-8-14(12)23-10)16(24)11(2)26-18(25)13-7-5-9-22-17(13)27-19(20)21/h3-9,11,19,23H,1-2H3/t11-/m0/s1. The van der Waals surface area contributed by atoms with Gasteiger partial charge >= 0.3 is 5.97 Å². The fourth-order valence-corrected chi connectivity index (χ4v) is 3.37. The molecule has 1 N–H and O–H groups in total. The molecule has 0 aliphatic carbocycles. The van der Waals surface area contributed by atoms with E-state index in [1.807, 2.05) is 18.2 Å². The van der Waals surface area contributed by atoms with E-state index in [-0.39, 0.29) is 28.1 Å². The number of nitrogens with zero attached hydrogens (tertiary/aromatic N) is 1. The van der Waals surface area contributed by atoms with E-state index < -0.39 is 17.8 Å². The molecule has 2 heterocycles. The third-order valence-electron chi connectivity index (χ3n) is 3.98. The number of thioether (sulfide) groups is 1. The van der Waals surface area contributed by atoms with Crippen molar-refractivity contribution < 1.29 is 23.1 Å². The number of pyridine rings is 1. The predicted molar refractivity (Wildman–Crippen MR) is 98.3 cm³/mol. The Balaban J connectivity index is 1.83. The molecule has 8 heteroatoms. The van der Waals surface area contributed by atoms with E-state index in [1.165, 1.54) is 25.3 Å². The minimum absolute atomic E-state index is 0.0990. The molecule has 0 bridgehead atoms. The Morgan fingerprint density at radius 2 is 1.93 bits per heavy atom. The van der Waals surface area contributed by atoms with Crippen LogP contribution in [0.15, 0.2) is 47.6 Å². The zero-order valence-electron chi connectivity index (χ0n) is 14.5. The van der Waals surface area contributed by atoms with Gasteiger partial charge in [0.1, 0.15) is 5.03 Å². The van der Waals surface area contributed by atoms with Gasteiger partial charge in [0.25, 0.3) is 5.76 Å². The summed E-state index contributed by atoms with van der Waals surface area (Å²) in [6, 6.07) is 10.1. The monoisotopic (exact) mass is 390 g/mol. The Kier molecular flexibility index (Phi) is 5.55. The molecule has 27 heavy (non-hydrogen) atoms. The van der Waals surface area contributed by atoms with Crippen LogP contribution < -0.4 is 0 Å². The number of carbonyl (C=O) groups excluding carboxylic acids is 2. The summed E-state index contributed by atoms with van der Waals surface area (Å²) in [5, 5.41) is 0.596. The van der Waals surface area contributed by atoms with Crippen molar-refractivity contribution in [3.8, 4) is 0 Å². The third kappa shape index (κ3) is 4.00. The van der Waals surface area contributed by atoms with E-state index in [1.54, 1.807) is 13.0 Å². The van der Waals surface area contributed by atoms with Crippen LogP contribution in [0.5, 0.6) is 0 Å². The van der Waals surface area contributed by atoms with Crippen LogP contribution in [-0.2, 0) is 4.74 Å². The topological polar surface area (TPSA) is 72.1 Å². The second-order valence-corrected chi connectivity index (χ2v) is 6.80. The van der Waals surface area contributed by atoms with Gasteiger partial charge in [-0.05, 0) is 43.8 Å². The Morgan fingerprint density at radius 1 is 1.19 bits per heavy atom. The maximum atomic E-state index is 12.8. The van der Waals surface area contributed by atoms with Gasteiger partial charge < -0.3 is 9.72 Å². The number of aromatic amines is 1. The summed E-state index contributed by atoms with van der Waals surface area (Å²) in [5.41, 5.74) is 1.82. The number of esters is 1. The van der Waals surface area contributed by atoms with Crippen LogP contribution in [0.3, 0.4) is 0 Å². The van der Waals surface area contributed by atoms with Crippen LogP contribution in [0, 0.1) is 6.92 Å². The largest absolute Gasteiger partial charge is 0.451 e. The van der Waals surface area contributed by atoms with Gasteiger partial charge in [0.15, 0.2) is 6.10 Å². The number of alkyl halides is 2. The summed E-state index contributed by atoms with van der Waals surface area (Å²) in [5.74, 6) is -3.96. The number of benzene rings is 1. The number of para-hydroxylation sites is 1. The van der Waals surface area contributed by atoms with Crippen LogP contribution in [-0.4, -0.2) is 33.6 Å². The minimum atomic E-state index is -2.72. The number of Topliss-reactive ketones (excluding diaryl/α,β-unsaturated/α-hetero) is 1. The first kappa shape index (κ1) is 19.0. The number of H-pyrrole nitrogens is 1. The number of nitrogens with one attached hydrogen (secondary N) is 1. The number of aryl methyl sites for hydroxylation is 1. The Hall–Kier alpha value is -2.74. The van der Waals surface area contributed by atoms with Crippen molar-refractivity contribution in [3.63, 3.8) is 0 Å². The van der Waals surface area contributed by atoms with Crippen LogP contribution in [0.2, 0.25) is 0 Å². The molecule has 0 saturated carbocycles. The van der Waals surface area contributed by atoms with Gasteiger partial charge in [-0.1, -0.05) is 18.2 Å². The average molecular weight is 390 g/mol. The maximum Gasteiger partial charge on any atom is 0.341 e. The zero-order valence-corrected chi connectivity index (χ0v) is 15.3. The highest BCUT2D eigenvalue weighted by molar-refractivity contribution is 7.99. The first-order valence-corrected chi connectivity index (χ1v) is 8.98. The highest BCUT2D eigenvalue weighted by Crippen LogP contribution is 2.28. The molecule has 3 rings (SSSR count). The molecule has 0 aliphatic heterocycles. The van der Waals surface area contributed by atoms with E-state index >= 15 is 0 Å². The first-order valence-electron chi connectivity index (χ1n) is 8.10. The molecule has 0 unspecified atom stereocenters. The fourth-order valence-electron chi connectivity index (χ4n) is 2.80. The normalized spacial score (nSPS) is 12.3. The number of hydrogen-bond donors (Lipinski definition) is 1. The number of hydrogen-bond acceptors (Lipinski definition) is 5. The number of fused-ring (bicyclic) bond motifs is 1. The third-order valence-corrected chi connectivity index (χ3v) is 4.71. The second kappa shape index (κ2) is 7.87. The summed E-state index contributed by atoms with van der Waals surface area (Å²) < 4.78 is 30.5. The lowest BCUT2D eigenvalue weighted by atomic mass is 10.0.